The lowest BCUT2D eigenvalue weighted by molar-refractivity contribution is 0.282. The SMILES string of the molecule is CCC1(c2cnc(-c3ccc(C#N)cc3)nc2)CCCCC1. The molecule has 1 aromatic heterocycles. The van der Waals surface area contributed by atoms with Crippen LogP contribution in [-0.2, 0) is 5.41 Å². The predicted molar refractivity (Wildman–Crippen MR) is 87.2 cm³/mol. The van der Waals surface area contributed by atoms with Crippen molar-refractivity contribution in [3.63, 3.8) is 0 Å². The second-order valence-corrected chi connectivity index (χ2v) is 6.18. The molecule has 0 N–H and O–H groups in total. The van der Waals surface area contributed by atoms with Gasteiger partial charge in [0.05, 0.1) is 11.6 Å². The summed E-state index contributed by atoms with van der Waals surface area (Å²) >= 11 is 0. The molecule has 0 aliphatic heterocycles. The first-order valence-electron chi connectivity index (χ1n) is 8.10. The van der Waals surface area contributed by atoms with E-state index in [2.05, 4.69) is 23.0 Å². The average Bonchev–Trinajstić information content (AvgIpc) is 2.62. The molecule has 1 aromatic carbocycles. The van der Waals surface area contributed by atoms with Gasteiger partial charge in [-0.05, 0) is 54.5 Å². The van der Waals surface area contributed by atoms with Crippen molar-refractivity contribution in [3.05, 3.63) is 47.8 Å². The number of hydrogen-bond acceptors (Lipinski definition) is 3. The normalized spacial score (nSPS) is 16.9. The third-order valence-corrected chi connectivity index (χ3v) is 5.02. The van der Waals surface area contributed by atoms with E-state index in [4.69, 9.17) is 5.26 Å². The first-order chi connectivity index (χ1) is 10.8. The van der Waals surface area contributed by atoms with Crippen LogP contribution < -0.4 is 0 Å². The van der Waals surface area contributed by atoms with Crippen LogP contribution in [0.25, 0.3) is 11.4 Å². The van der Waals surface area contributed by atoms with Crippen molar-refractivity contribution in [1.82, 2.24) is 9.97 Å². The summed E-state index contributed by atoms with van der Waals surface area (Å²) in [5.41, 5.74) is 3.18. The third-order valence-electron chi connectivity index (χ3n) is 5.02. The van der Waals surface area contributed by atoms with E-state index >= 15 is 0 Å². The van der Waals surface area contributed by atoms with Crippen LogP contribution >= 0.6 is 0 Å². The molecule has 0 bridgehead atoms. The van der Waals surface area contributed by atoms with Gasteiger partial charge >= 0.3 is 0 Å². The Morgan fingerprint density at radius 3 is 2.23 bits per heavy atom. The summed E-state index contributed by atoms with van der Waals surface area (Å²) in [6, 6.07) is 9.56. The van der Waals surface area contributed by atoms with Crippen LogP contribution in [0.15, 0.2) is 36.7 Å². The Hall–Kier alpha value is -2.21. The van der Waals surface area contributed by atoms with Gasteiger partial charge in [-0.2, -0.15) is 5.26 Å². The highest BCUT2D eigenvalue weighted by Gasteiger charge is 2.32. The molecule has 3 rings (SSSR count). The second-order valence-electron chi connectivity index (χ2n) is 6.18. The third kappa shape index (κ3) is 2.74. The van der Waals surface area contributed by atoms with Gasteiger partial charge in [-0.3, -0.25) is 0 Å². The Kier molecular flexibility index (Phi) is 4.20. The van der Waals surface area contributed by atoms with Gasteiger partial charge in [-0.1, -0.05) is 26.2 Å². The highest BCUT2D eigenvalue weighted by molar-refractivity contribution is 5.56. The number of hydrogen-bond donors (Lipinski definition) is 0. The first kappa shape index (κ1) is 14.7. The van der Waals surface area contributed by atoms with Crippen molar-refractivity contribution < 1.29 is 0 Å². The van der Waals surface area contributed by atoms with Gasteiger partial charge in [0, 0.05) is 18.0 Å². The van der Waals surface area contributed by atoms with Gasteiger partial charge in [-0.15, -0.1) is 0 Å². The molecule has 1 heterocycles. The fraction of sp³-hybridized carbons (Fsp3) is 0.421. The summed E-state index contributed by atoms with van der Waals surface area (Å²) in [4.78, 5) is 9.16. The summed E-state index contributed by atoms with van der Waals surface area (Å²) in [6.45, 7) is 2.28. The summed E-state index contributed by atoms with van der Waals surface area (Å²) in [5.74, 6) is 0.732. The molecule has 2 aromatic rings. The molecular weight excluding hydrogens is 270 g/mol. The van der Waals surface area contributed by atoms with Crippen LogP contribution in [0.5, 0.6) is 0 Å². The zero-order valence-electron chi connectivity index (χ0n) is 13.0. The topological polar surface area (TPSA) is 49.6 Å². The zero-order valence-corrected chi connectivity index (χ0v) is 13.0. The Morgan fingerprint density at radius 2 is 1.68 bits per heavy atom. The molecule has 0 radical (unpaired) electrons. The second kappa shape index (κ2) is 6.27. The summed E-state index contributed by atoms with van der Waals surface area (Å²) in [7, 11) is 0. The highest BCUT2D eigenvalue weighted by Crippen LogP contribution is 2.41. The van der Waals surface area contributed by atoms with Crippen LogP contribution in [0.3, 0.4) is 0 Å². The maximum Gasteiger partial charge on any atom is 0.159 e. The van der Waals surface area contributed by atoms with Gasteiger partial charge in [-0.25, -0.2) is 9.97 Å². The maximum absolute atomic E-state index is 8.85. The summed E-state index contributed by atoms with van der Waals surface area (Å²) < 4.78 is 0. The van der Waals surface area contributed by atoms with E-state index in [1.165, 1.54) is 37.7 Å². The maximum atomic E-state index is 8.85. The van der Waals surface area contributed by atoms with Crippen LogP contribution in [0, 0.1) is 11.3 Å². The highest BCUT2D eigenvalue weighted by atomic mass is 14.9. The summed E-state index contributed by atoms with van der Waals surface area (Å²) in [6.07, 6.45) is 11.7. The Morgan fingerprint density at radius 1 is 1.05 bits per heavy atom. The van der Waals surface area contributed by atoms with E-state index in [1.807, 2.05) is 24.5 Å². The van der Waals surface area contributed by atoms with E-state index in [9.17, 15) is 0 Å². The van der Waals surface area contributed by atoms with Crippen LogP contribution in [-0.4, -0.2) is 9.97 Å². The lowest BCUT2D eigenvalue weighted by Gasteiger charge is -2.36. The van der Waals surface area contributed by atoms with Crippen molar-refractivity contribution in [2.24, 2.45) is 0 Å². The van der Waals surface area contributed by atoms with Crippen molar-refractivity contribution in [3.8, 4) is 17.5 Å². The van der Waals surface area contributed by atoms with Crippen LogP contribution in [0.2, 0.25) is 0 Å². The number of aromatic nitrogens is 2. The van der Waals surface area contributed by atoms with Gasteiger partial charge in [0.1, 0.15) is 0 Å². The Balaban J connectivity index is 1.87. The molecule has 0 spiro atoms. The fourth-order valence-corrected chi connectivity index (χ4v) is 3.52. The number of rotatable bonds is 3. The molecule has 0 saturated heterocycles. The van der Waals surface area contributed by atoms with Gasteiger partial charge < -0.3 is 0 Å². The van der Waals surface area contributed by atoms with Crippen molar-refractivity contribution in [2.45, 2.75) is 50.9 Å². The zero-order chi connectivity index (χ0) is 15.4. The van der Waals surface area contributed by atoms with Gasteiger partial charge in [0.2, 0.25) is 0 Å². The molecule has 22 heavy (non-hydrogen) atoms. The monoisotopic (exact) mass is 291 g/mol. The first-order valence-corrected chi connectivity index (χ1v) is 8.10. The molecule has 112 valence electrons. The van der Waals surface area contributed by atoms with E-state index in [1.54, 1.807) is 12.1 Å². The van der Waals surface area contributed by atoms with E-state index in [-0.39, 0.29) is 5.41 Å². The molecule has 0 unspecified atom stereocenters. The predicted octanol–water partition coefficient (Wildman–Crippen LogP) is 4.63. The van der Waals surface area contributed by atoms with E-state index in [0.29, 0.717) is 5.56 Å². The van der Waals surface area contributed by atoms with E-state index < -0.39 is 0 Å². The number of benzene rings is 1. The number of nitriles is 1. The Bertz CT molecular complexity index is 659. The van der Waals surface area contributed by atoms with Crippen molar-refractivity contribution in [2.75, 3.05) is 0 Å². The molecule has 1 aliphatic rings. The van der Waals surface area contributed by atoms with E-state index in [0.717, 1.165) is 17.8 Å². The lowest BCUT2D eigenvalue weighted by atomic mass is 9.68. The molecule has 1 aliphatic carbocycles. The lowest BCUT2D eigenvalue weighted by Crippen LogP contribution is -2.28. The van der Waals surface area contributed by atoms with Crippen molar-refractivity contribution >= 4 is 0 Å². The largest absolute Gasteiger partial charge is 0.236 e. The fourth-order valence-electron chi connectivity index (χ4n) is 3.52. The molecule has 3 nitrogen and oxygen atoms in total. The minimum absolute atomic E-state index is 0.279. The smallest absolute Gasteiger partial charge is 0.159 e. The van der Waals surface area contributed by atoms with Crippen LogP contribution in [0.1, 0.15) is 56.6 Å². The summed E-state index contributed by atoms with van der Waals surface area (Å²) in [5, 5.41) is 8.85. The Labute approximate surface area is 132 Å². The number of nitrogens with zero attached hydrogens (tertiary/aromatic N) is 3. The molecule has 3 heteroatoms. The van der Waals surface area contributed by atoms with Crippen LogP contribution in [0.4, 0.5) is 0 Å². The quantitative estimate of drug-likeness (QED) is 0.828. The minimum atomic E-state index is 0.279. The van der Waals surface area contributed by atoms with Gasteiger partial charge in [0.15, 0.2) is 5.82 Å². The van der Waals surface area contributed by atoms with Crippen molar-refractivity contribution in [1.29, 1.82) is 5.26 Å². The standard InChI is InChI=1S/C19H21N3/c1-2-19(10-4-3-5-11-19)17-13-21-18(22-14-17)16-8-6-15(12-20)7-9-16/h6-9,13-14H,2-5,10-11H2,1H3. The average molecular weight is 291 g/mol. The molecule has 1 fully saturated rings. The molecule has 1 saturated carbocycles. The minimum Gasteiger partial charge on any atom is -0.236 e. The van der Waals surface area contributed by atoms with Gasteiger partial charge in [0.25, 0.3) is 0 Å². The molecule has 0 atom stereocenters. The molecular formula is C19H21N3. The molecule has 0 amide bonds.